The SMILES string of the molecule is COCCn1cccc(Cn2cc(-c3nc(N)nc4c(OC)cccc34)nn2)c1=O. The van der Waals surface area contributed by atoms with Crippen LogP contribution in [0.4, 0.5) is 5.95 Å². The molecular formula is C20H21N7O3. The van der Waals surface area contributed by atoms with Gasteiger partial charge in [-0.25, -0.2) is 14.6 Å². The Morgan fingerprint density at radius 2 is 2.00 bits per heavy atom. The number of aromatic nitrogens is 6. The Hall–Kier alpha value is -3.79. The Labute approximate surface area is 171 Å². The van der Waals surface area contributed by atoms with Gasteiger partial charge in [0.05, 0.1) is 26.5 Å². The predicted molar refractivity (Wildman–Crippen MR) is 111 cm³/mol. The van der Waals surface area contributed by atoms with Crippen molar-refractivity contribution in [2.24, 2.45) is 0 Å². The van der Waals surface area contributed by atoms with Gasteiger partial charge in [0.2, 0.25) is 5.95 Å². The quantitative estimate of drug-likeness (QED) is 0.487. The normalized spacial score (nSPS) is 11.1. The average Bonchev–Trinajstić information content (AvgIpc) is 3.21. The second-order valence-corrected chi connectivity index (χ2v) is 6.61. The zero-order valence-electron chi connectivity index (χ0n) is 16.6. The summed E-state index contributed by atoms with van der Waals surface area (Å²) in [5.41, 5.74) is 8.09. The number of nitrogens with two attached hydrogens (primary N) is 1. The third kappa shape index (κ3) is 3.72. The van der Waals surface area contributed by atoms with Crippen LogP contribution in [0.1, 0.15) is 5.56 Å². The molecule has 0 atom stereocenters. The second kappa shape index (κ2) is 8.29. The van der Waals surface area contributed by atoms with Crippen LogP contribution >= 0.6 is 0 Å². The van der Waals surface area contributed by atoms with E-state index in [0.29, 0.717) is 41.4 Å². The van der Waals surface area contributed by atoms with Crippen molar-refractivity contribution in [1.82, 2.24) is 29.5 Å². The number of hydrogen-bond acceptors (Lipinski definition) is 8. The van der Waals surface area contributed by atoms with E-state index in [9.17, 15) is 4.79 Å². The zero-order valence-corrected chi connectivity index (χ0v) is 16.6. The van der Waals surface area contributed by atoms with Crippen molar-refractivity contribution >= 4 is 16.9 Å². The molecule has 3 heterocycles. The number of fused-ring (bicyclic) bond motifs is 1. The van der Waals surface area contributed by atoms with Gasteiger partial charge in [-0.05, 0) is 12.1 Å². The molecule has 0 aliphatic heterocycles. The highest BCUT2D eigenvalue weighted by molar-refractivity contribution is 5.95. The van der Waals surface area contributed by atoms with E-state index in [2.05, 4.69) is 20.3 Å². The van der Waals surface area contributed by atoms with Crippen LogP contribution in [-0.2, 0) is 17.8 Å². The number of rotatable bonds is 7. The van der Waals surface area contributed by atoms with Gasteiger partial charge in [-0.15, -0.1) is 5.10 Å². The molecule has 10 heteroatoms. The number of methoxy groups -OCH3 is 2. The first-order valence-corrected chi connectivity index (χ1v) is 9.28. The first-order chi connectivity index (χ1) is 14.6. The minimum atomic E-state index is -0.0898. The van der Waals surface area contributed by atoms with E-state index >= 15 is 0 Å². The molecule has 4 rings (SSSR count). The van der Waals surface area contributed by atoms with Crippen LogP contribution in [0.5, 0.6) is 5.75 Å². The Kier molecular flexibility index (Phi) is 5.40. The van der Waals surface area contributed by atoms with E-state index in [-0.39, 0.29) is 18.1 Å². The number of ether oxygens (including phenoxy) is 2. The molecule has 30 heavy (non-hydrogen) atoms. The molecule has 0 aliphatic rings. The highest BCUT2D eigenvalue weighted by Gasteiger charge is 2.15. The predicted octanol–water partition coefficient (Wildman–Crippen LogP) is 1.34. The number of pyridine rings is 1. The van der Waals surface area contributed by atoms with E-state index < -0.39 is 0 Å². The number of anilines is 1. The Morgan fingerprint density at radius 3 is 2.80 bits per heavy atom. The highest BCUT2D eigenvalue weighted by atomic mass is 16.5. The molecule has 0 radical (unpaired) electrons. The first kappa shape index (κ1) is 19.5. The summed E-state index contributed by atoms with van der Waals surface area (Å²) in [6.45, 7) is 1.23. The largest absolute Gasteiger partial charge is 0.494 e. The lowest BCUT2D eigenvalue weighted by Gasteiger charge is -2.08. The zero-order chi connectivity index (χ0) is 21.1. The summed E-state index contributed by atoms with van der Waals surface area (Å²) < 4.78 is 13.6. The van der Waals surface area contributed by atoms with Crippen molar-refractivity contribution in [2.45, 2.75) is 13.1 Å². The van der Waals surface area contributed by atoms with Gasteiger partial charge in [-0.2, -0.15) is 0 Å². The van der Waals surface area contributed by atoms with E-state index in [0.717, 1.165) is 5.39 Å². The van der Waals surface area contributed by atoms with E-state index in [1.807, 2.05) is 18.2 Å². The van der Waals surface area contributed by atoms with Crippen molar-refractivity contribution in [3.05, 3.63) is 58.6 Å². The monoisotopic (exact) mass is 407 g/mol. The number of nitrogen functional groups attached to an aromatic ring is 1. The molecule has 2 N–H and O–H groups in total. The summed E-state index contributed by atoms with van der Waals surface area (Å²) in [4.78, 5) is 21.3. The summed E-state index contributed by atoms with van der Waals surface area (Å²) in [5.74, 6) is 0.705. The third-order valence-electron chi connectivity index (χ3n) is 4.68. The third-order valence-corrected chi connectivity index (χ3v) is 4.68. The van der Waals surface area contributed by atoms with E-state index in [4.69, 9.17) is 15.2 Å². The van der Waals surface area contributed by atoms with Crippen LogP contribution in [0, 0.1) is 0 Å². The van der Waals surface area contributed by atoms with Gasteiger partial charge in [0.25, 0.3) is 5.56 Å². The maximum atomic E-state index is 12.6. The lowest BCUT2D eigenvalue weighted by atomic mass is 10.1. The standard InChI is InChI=1S/C20H21N7O3/c1-29-10-9-26-8-4-5-13(19(26)28)11-27-12-15(24-25-27)17-14-6-3-7-16(30-2)18(14)23-20(21)22-17/h3-8,12H,9-11H2,1-2H3,(H2,21,22,23). The van der Waals surface area contributed by atoms with Crippen LogP contribution in [-0.4, -0.2) is 50.4 Å². The smallest absolute Gasteiger partial charge is 0.255 e. The molecule has 0 saturated carbocycles. The van der Waals surface area contributed by atoms with Crippen molar-refractivity contribution in [3.8, 4) is 17.1 Å². The molecule has 154 valence electrons. The molecule has 0 fully saturated rings. The Morgan fingerprint density at radius 1 is 1.13 bits per heavy atom. The van der Waals surface area contributed by atoms with Crippen molar-refractivity contribution in [1.29, 1.82) is 0 Å². The summed E-state index contributed by atoms with van der Waals surface area (Å²) in [5, 5.41) is 9.14. The molecule has 0 spiro atoms. The molecular weight excluding hydrogens is 386 g/mol. The number of benzene rings is 1. The molecule has 10 nitrogen and oxygen atoms in total. The van der Waals surface area contributed by atoms with Crippen molar-refractivity contribution in [2.75, 3.05) is 26.6 Å². The molecule has 0 bridgehead atoms. The number of para-hydroxylation sites is 1. The van der Waals surface area contributed by atoms with Gasteiger partial charge in [-0.3, -0.25) is 4.79 Å². The first-order valence-electron chi connectivity index (χ1n) is 9.28. The van der Waals surface area contributed by atoms with E-state index in [1.54, 1.807) is 48.0 Å². The second-order valence-electron chi connectivity index (χ2n) is 6.61. The molecule has 0 saturated heterocycles. The lowest BCUT2D eigenvalue weighted by Crippen LogP contribution is -2.25. The van der Waals surface area contributed by atoms with Crippen LogP contribution in [0.25, 0.3) is 22.3 Å². The fourth-order valence-corrected chi connectivity index (χ4v) is 3.23. The van der Waals surface area contributed by atoms with Gasteiger partial charge in [0, 0.05) is 30.8 Å². The van der Waals surface area contributed by atoms with Crippen molar-refractivity contribution in [3.63, 3.8) is 0 Å². The molecule has 4 aromatic rings. The molecule has 3 aromatic heterocycles. The van der Waals surface area contributed by atoms with Gasteiger partial charge in [0.1, 0.15) is 22.7 Å². The van der Waals surface area contributed by atoms with Gasteiger partial charge in [0.15, 0.2) is 0 Å². The van der Waals surface area contributed by atoms with Gasteiger partial charge in [-0.1, -0.05) is 23.4 Å². The number of nitrogens with zero attached hydrogens (tertiary/aromatic N) is 6. The topological polar surface area (TPSA) is 123 Å². The van der Waals surface area contributed by atoms with Gasteiger partial charge >= 0.3 is 0 Å². The minimum absolute atomic E-state index is 0.0898. The fraction of sp³-hybridized carbons (Fsp3) is 0.250. The Bertz CT molecular complexity index is 1250. The van der Waals surface area contributed by atoms with Crippen LogP contribution in [0.2, 0.25) is 0 Å². The van der Waals surface area contributed by atoms with Crippen LogP contribution < -0.4 is 16.0 Å². The maximum absolute atomic E-state index is 12.6. The molecule has 0 unspecified atom stereocenters. The minimum Gasteiger partial charge on any atom is -0.494 e. The maximum Gasteiger partial charge on any atom is 0.255 e. The van der Waals surface area contributed by atoms with Crippen LogP contribution in [0.3, 0.4) is 0 Å². The van der Waals surface area contributed by atoms with Crippen LogP contribution in [0.15, 0.2) is 47.5 Å². The summed E-state index contributed by atoms with van der Waals surface area (Å²) in [6, 6.07) is 9.13. The number of hydrogen-bond donors (Lipinski definition) is 1. The summed E-state index contributed by atoms with van der Waals surface area (Å²) in [6.07, 6.45) is 3.47. The molecule has 0 aliphatic carbocycles. The summed E-state index contributed by atoms with van der Waals surface area (Å²) in [7, 11) is 3.17. The van der Waals surface area contributed by atoms with E-state index in [1.165, 1.54) is 0 Å². The van der Waals surface area contributed by atoms with Crippen molar-refractivity contribution < 1.29 is 9.47 Å². The highest BCUT2D eigenvalue weighted by Crippen LogP contribution is 2.30. The van der Waals surface area contributed by atoms with Gasteiger partial charge < -0.3 is 19.8 Å². The summed E-state index contributed by atoms with van der Waals surface area (Å²) >= 11 is 0. The average molecular weight is 407 g/mol. The molecule has 0 amide bonds. The Balaban J connectivity index is 1.69. The lowest BCUT2D eigenvalue weighted by molar-refractivity contribution is 0.186. The fourth-order valence-electron chi connectivity index (χ4n) is 3.23. The molecule has 1 aromatic carbocycles.